The number of ether oxygens (including phenoxy) is 1. The lowest BCUT2D eigenvalue weighted by atomic mass is 9.93. The summed E-state index contributed by atoms with van der Waals surface area (Å²) in [6.45, 7) is 7.16. The van der Waals surface area contributed by atoms with Gasteiger partial charge in [0.2, 0.25) is 5.28 Å². The summed E-state index contributed by atoms with van der Waals surface area (Å²) in [5.74, 6) is 1.00. The van der Waals surface area contributed by atoms with Crippen molar-refractivity contribution in [2.24, 2.45) is 0 Å². The van der Waals surface area contributed by atoms with E-state index in [-0.39, 0.29) is 5.60 Å². The van der Waals surface area contributed by atoms with Crippen molar-refractivity contribution in [2.75, 3.05) is 6.61 Å². The largest absolute Gasteiger partial charge is 0.375 e. The summed E-state index contributed by atoms with van der Waals surface area (Å²) in [6, 6.07) is 0.364. The maximum atomic E-state index is 6.16. The lowest BCUT2D eigenvalue weighted by molar-refractivity contribution is -0.0694. The molecule has 1 aromatic rings. The van der Waals surface area contributed by atoms with Gasteiger partial charge in [-0.15, -0.1) is 10.2 Å². The van der Waals surface area contributed by atoms with Crippen LogP contribution in [0.3, 0.4) is 0 Å². The minimum Gasteiger partial charge on any atom is -0.375 e. The van der Waals surface area contributed by atoms with E-state index in [4.69, 9.17) is 16.3 Å². The van der Waals surface area contributed by atoms with Crippen molar-refractivity contribution < 1.29 is 4.74 Å². The van der Waals surface area contributed by atoms with Crippen LogP contribution in [0.5, 0.6) is 0 Å². The van der Waals surface area contributed by atoms with Gasteiger partial charge in [-0.05, 0) is 44.7 Å². The standard InChI is InChI=1S/C12H20ClN3O/c1-4-5-10-14-15-11(13)16(10)9-6-7-17-12(2,3)8-9/h9H,4-8H2,1-3H3. The number of hydrogen-bond donors (Lipinski definition) is 0. The minimum absolute atomic E-state index is 0.0833. The third-order valence-electron chi connectivity index (χ3n) is 3.23. The van der Waals surface area contributed by atoms with E-state index in [0.717, 1.165) is 38.1 Å². The van der Waals surface area contributed by atoms with Crippen LogP contribution in [-0.2, 0) is 11.2 Å². The number of aromatic nitrogens is 3. The van der Waals surface area contributed by atoms with Crippen molar-refractivity contribution >= 4 is 11.6 Å². The molecule has 5 heteroatoms. The van der Waals surface area contributed by atoms with E-state index in [9.17, 15) is 0 Å². The van der Waals surface area contributed by atoms with Gasteiger partial charge in [0.15, 0.2) is 0 Å². The molecule has 96 valence electrons. The minimum atomic E-state index is -0.0833. The van der Waals surface area contributed by atoms with Crippen LogP contribution in [0.25, 0.3) is 0 Å². The first-order chi connectivity index (χ1) is 8.03. The third-order valence-corrected chi connectivity index (χ3v) is 3.49. The Labute approximate surface area is 107 Å². The first-order valence-corrected chi connectivity index (χ1v) is 6.64. The Kier molecular flexibility index (Phi) is 3.73. The van der Waals surface area contributed by atoms with E-state index < -0.39 is 0 Å². The molecule has 1 saturated heterocycles. The van der Waals surface area contributed by atoms with E-state index in [2.05, 4.69) is 35.5 Å². The van der Waals surface area contributed by atoms with E-state index in [1.54, 1.807) is 0 Å². The lowest BCUT2D eigenvalue weighted by Crippen LogP contribution is -2.35. The number of halogens is 1. The van der Waals surface area contributed by atoms with E-state index >= 15 is 0 Å². The predicted octanol–water partition coefficient (Wildman–Crippen LogP) is 3.01. The molecule has 0 aliphatic carbocycles. The molecule has 1 aliphatic rings. The highest BCUT2D eigenvalue weighted by Crippen LogP contribution is 2.34. The summed E-state index contributed by atoms with van der Waals surface area (Å²) < 4.78 is 7.83. The van der Waals surface area contributed by atoms with Crippen molar-refractivity contribution in [3.8, 4) is 0 Å². The molecule has 0 N–H and O–H groups in total. The van der Waals surface area contributed by atoms with Crippen LogP contribution in [0.15, 0.2) is 0 Å². The summed E-state index contributed by atoms with van der Waals surface area (Å²) in [4.78, 5) is 0. The van der Waals surface area contributed by atoms with Crippen LogP contribution in [0.4, 0.5) is 0 Å². The monoisotopic (exact) mass is 257 g/mol. The van der Waals surface area contributed by atoms with Gasteiger partial charge in [0, 0.05) is 19.1 Å². The summed E-state index contributed by atoms with van der Waals surface area (Å²) in [5.41, 5.74) is -0.0833. The summed E-state index contributed by atoms with van der Waals surface area (Å²) in [5, 5.41) is 8.67. The second-order valence-electron chi connectivity index (χ2n) is 5.26. The lowest BCUT2D eigenvalue weighted by Gasteiger charge is -2.36. The molecular weight excluding hydrogens is 238 g/mol. The average molecular weight is 258 g/mol. The van der Waals surface area contributed by atoms with Gasteiger partial charge in [-0.2, -0.15) is 0 Å². The number of aryl methyl sites for hydroxylation is 1. The molecule has 2 heterocycles. The van der Waals surface area contributed by atoms with Crippen molar-refractivity contribution in [3.63, 3.8) is 0 Å². The van der Waals surface area contributed by atoms with E-state index in [1.165, 1.54) is 0 Å². The number of hydrogen-bond acceptors (Lipinski definition) is 3. The maximum absolute atomic E-state index is 6.16. The van der Waals surface area contributed by atoms with Crippen LogP contribution in [0.2, 0.25) is 5.28 Å². The van der Waals surface area contributed by atoms with Crippen LogP contribution in [0, 0.1) is 0 Å². The van der Waals surface area contributed by atoms with E-state index in [0.29, 0.717) is 11.3 Å². The Morgan fingerprint density at radius 1 is 1.47 bits per heavy atom. The van der Waals surface area contributed by atoms with Gasteiger partial charge in [-0.25, -0.2) is 0 Å². The van der Waals surface area contributed by atoms with Crippen molar-refractivity contribution in [3.05, 3.63) is 11.1 Å². The molecule has 0 saturated carbocycles. The Bertz CT molecular complexity index is 389. The number of nitrogens with zero attached hydrogens (tertiary/aromatic N) is 3. The van der Waals surface area contributed by atoms with Gasteiger partial charge in [0.05, 0.1) is 5.60 Å². The second-order valence-corrected chi connectivity index (χ2v) is 5.60. The van der Waals surface area contributed by atoms with Gasteiger partial charge in [-0.3, -0.25) is 4.57 Å². The predicted molar refractivity (Wildman–Crippen MR) is 67.3 cm³/mol. The Balaban J connectivity index is 2.23. The third kappa shape index (κ3) is 2.80. The molecule has 1 aliphatic heterocycles. The normalized spacial score (nSPS) is 23.9. The molecule has 0 spiro atoms. The van der Waals surface area contributed by atoms with E-state index in [1.807, 2.05) is 0 Å². The van der Waals surface area contributed by atoms with Crippen LogP contribution < -0.4 is 0 Å². The van der Waals surface area contributed by atoms with Gasteiger partial charge >= 0.3 is 0 Å². The molecule has 0 amide bonds. The zero-order valence-corrected chi connectivity index (χ0v) is 11.5. The van der Waals surface area contributed by atoms with Gasteiger partial charge < -0.3 is 4.74 Å². The Morgan fingerprint density at radius 2 is 2.24 bits per heavy atom. The molecule has 1 fully saturated rings. The molecule has 1 atom stereocenters. The zero-order chi connectivity index (χ0) is 12.5. The van der Waals surface area contributed by atoms with Crippen molar-refractivity contribution in [1.29, 1.82) is 0 Å². The highest BCUT2D eigenvalue weighted by molar-refractivity contribution is 6.28. The first-order valence-electron chi connectivity index (χ1n) is 6.27. The molecule has 1 unspecified atom stereocenters. The summed E-state index contributed by atoms with van der Waals surface area (Å²) >= 11 is 6.16. The van der Waals surface area contributed by atoms with Crippen LogP contribution >= 0.6 is 11.6 Å². The molecule has 1 aromatic heterocycles. The first kappa shape index (κ1) is 12.8. The fourth-order valence-electron chi connectivity index (χ4n) is 2.48. The zero-order valence-electron chi connectivity index (χ0n) is 10.7. The van der Waals surface area contributed by atoms with Crippen LogP contribution in [-0.4, -0.2) is 27.0 Å². The fraction of sp³-hybridized carbons (Fsp3) is 0.833. The molecule has 0 radical (unpaired) electrons. The highest BCUT2D eigenvalue weighted by Gasteiger charge is 2.32. The van der Waals surface area contributed by atoms with Crippen molar-refractivity contribution in [2.45, 2.75) is 58.1 Å². The fourth-order valence-corrected chi connectivity index (χ4v) is 2.75. The Hall–Kier alpha value is -0.610. The average Bonchev–Trinajstić information content (AvgIpc) is 2.59. The van der Waals surface area contributed by atoms with Gasteiger partial charge in [0.25, 0.3) is 0 Å². The molecule has 4 nitrogen and oxygen atoms in total. The van der Waals surface area contributed by atoms with Crippen LogP contribution in [0.1, 0.15) is 51.9 Å². The molecule has 17 heavy (non-hydrogen) atoms. The summed E-state index contributed by atoms with van der Waals surface area (Å²) in [6.07, 6.45) is 3.93. The number of rotatable bonds is 3. The SMILES string of the molecule is CCCc1nnc(Cl)n1C1CCOC(C)(C)C1. The highest BCUT2D eigenvalue weighted by atomic mass is 35.5. The van der Waals surface area contributed by atoms with Gasteiger partial charge in [0.1, 0.15) is 5.82 Å². The second kappa shape index (κ2) is 4.94. The quantitative estimate of drug-likeness (QED) is 0.836. The molecule has 0 bridgehead atoms. The van der Waals surface area contributed by atoms with Crippen molar-refractivity contribution in [1.82, 2.24) is 14.8 Å². The smallest absolute Gasteiger partial charge is 0.225 e. The summed E-state index contributed by atoms with van der Waals surface area (Å²) in [7, 11) is 0. The maximum Gasteiger partial charge on any atom is 0.225 e. The molecule has 0 aromatic carbocycles. The topological polar surface area (TPSA) is 39.9 Å². The van der Waals surface area contributed by atoms with Gasteiger partial charge in [-0.1, -0.05) is 6.92 Å². The molecule has 2 rings (SSSR count). The Morgan fingerprint density at radius 3 is 2.88 bits per heavy atom. The molecular formula is C12H20ClN3O.